The van der Waals surface area contributed by atoms with Crippen molar-refractivity contribution in [3.05, 3.63) is 65.5 Å². The molecule has 0 unspecified atom stereocenters. The van der Waals surface area contributed by atoms with E-state index >= 15 is 0 Å². The van der Waals surface area contributed by atoms with Gasteiger partial charge in [-0.25, -0.2) is 9.97 Å². The molecule has 2 aromatic carbocycles. The Balaban J connectivity index is 1.52. The molecule has 2 heterocycles. The number of benzene rings is 2. The number of nitrogens with one attached hydrogen (secondary N) is 2. The maximum atomic E-state index is 12.3. The van der Waals surface area contributed by atoms with Crippen LogP contribution in [0.3, 0.4) is 0 Å². The number of morpholine rings is 1. The minimum Gasteiger partial charge on any atom is -0.378 e. The van der Waals surface area contributed by atoms with Gasteiger partial charge in [-0.05, 0) is 36.4 Å². The summed E-state index contributed by atoms with van der Waals surface area (Å²) in [5, 5.41) is 7.03. The molecule has 0 aliphatic carbocycles. The van der Waals surface area contributed by atoms with Gasteiger partial charge >= 0.3 is 0 Å². The van der Waals surface area contributed by atoms with Crippen LogP contribution in [0, 0.1) is 0 Å². The second-order valence-corrected chi connectivity index (χ2v) is 7.46. The molecule has 7 nitrogen and oxygen atoms in total. The van der Waals surface area contributed by atoms with Gasteiger partial charge in [-0.3, -0.25) is 4.79 Å². The molecule has 0 atom stereocenters. The van der Waals surface area contributed by atoms with Crippen molar-refractivity contribution >= 4 is 49.9 Å². The van der Waals surface area contributed by atoms with Crippen LogP contribution in [-0.4, -0.2) is 47.1 Å². The lowest BCUT2D eigenvalue weighted by molar-refractivity contribution is -0.112. The monoisotopic (exact) mass is 453 g/mol. The van der Waals surface area contributed by atoms with Crippen molar-refractivity contribution in [2.75, 3.05) is 36.9 Å². The van der Waals surface area contributed by atoms with Gasteiger partial charge in [0.15, 0.2) is 0 Å². The van der Waals surface area contributed by atoms with Crippen LogP contribution in [0.5, 0.6) is 0 Å². The summed E-state index contributed by atoms with van der Waals surface area (Å²) in [5.41, 5.74) is 2.38. The summed E-state index contributed by atoms with van der Waals surface area (Å²) < 4.78 is 6.28. The molecule has 1 saturated heterocycles. The highest BCUT2D eigenvalue weighted by Gasteiger charge is 2.08. The van der Waals surface area contributed by atoms with Crippen LogP contribution in [0.25, 0.3) is 10.9 Å². The molecule has 1 aromatic heterocycles. The predicted octanol–water partition coefficient (Wildman–Crippen LogP) is 3.92. The number of rotatable bonds is 5. The predicted molar refractivity (Wildman–Crippen MR) is 117 cm³/mol. The lowest BCUT2D eigenvalue weighted by atomic mass is 10.2. The number of amides is 1. The van der Waals surface area contributed by atoms with Crippen LogP contribution in [0.15, 0.2) is 65.5 Å². The van der Waals surface area contributed by atoms with Crippen LogP contribution < -0.4 is 10.6 Å². The topological polar surface area (TPSA) is 79.4 Å². The number of fused-ring (bicyclic) bond motifs is 1. The summed E-state index contributed by atoms with van der Waals surface area (Å²) in [6, 6.07) is 13.4. The molecule has 0 spiro atoms. The minimum absolute atomic E-state index is 0.186. The molecule has 0 radical (unpaired) electrons. The fourth-order valence-corrected chi connectivity index (χ4v) is 3.42. The molecule has 29 heavy (non-hydrogen) atoms. The standard InChI is InChI=1S/C21H20BrN5O2/c22-15-2-1-3-16(12-15)26-21-18-13-17(4-5-19(18)23-14-24-21)25-20(28)6-7-27-8-10-29-11-9-27/h1-7,12-14H,8-11H2,(H,25,28)(H,23,24,26)/b7-6+. The molecule has 3 aromatic rings. The zero-order chi connectivity index (χ0) is 20.1. The van der Waals surface area contributed by atoms with E-state index in [1.807, 2.05) is 48.7 Å². The van der Waals surface area contributed by atoms with E-state index in [1.54, 1.807) is 0 Å². The van der Waals surface area contributed by atoms with Gasteiger partial charge < -0.3 is 20.3 Å². The van der Waals surface area contributed by atoms with Gasteiger partial charge in [0.2, 0.25) is 5.91 Å². The third kappa shape index (κ3) is 5.10. The highest BCUT2D eigenvalue weighted by Crippen LogP contribution is 2.26. The maximum Gasteiger partial charge on any atom is 0.249 e. The van der Waals surface area contributed by atoms with E-state index in [9.17, 15) is 4.79 Å². The molecule has 1 amide bonds. The first kappa shape index (κ1) is 19.4. The molecule has 4 rings (SSSR count). The van der Waals surface area contributed by atoms with E-state index in [2.05, 4.69) is 41.4 Å². The lowest BCUT2D eigenvalue weighted by Gasteiger charge is -2.24. The van der Waals surface area contributed by atoms with Crippen LogP contribution >= 0.6 is 15.9 Å². The highest BCUT2D eigenvalue weighted by atomic mass is 79.9. The summed E-state index contributed by atoms with van der Waals surface area (Å²) in [4.78, 5) is 23.0. The molecule has 148 valence electrons. The second-order valence-electron chi connectivity index (χ2n) is 6.54. The molecule has 1 aliphatic heterocycles. The quantitative estimate of drug-likeness (QED) is 0.569. The van der Waals surface area contributed by atoms with Crippen molar-refractivity contribution in [3.63, 3.8) is 0 Å². The van der Waals surface area contributed by atoms with Gasteiger partial charge in [-0.2, -0.15) is 0 Å². The zero-order valence-electron chi connectivity index (χ0n) is 15.6. The Bertz CT molecular complexity index is 1050. The van der Waals surface area contributed by atoms with Crippen LogP contribution in [-0.2, 0) is 9.53 Å². The Morgan fingerprint density at radius 1 is 1.10 bits per heavy atom. The third-order valence-electron chi connectivity index (χ3n) is 4.47. The first-order valence-corrected chi connectivity index (χ1v) is 10.0. The van der Waals surface area contributed by atoms with Crippen molar-refractivity contribution in [2.45, 2.75) is 0 Å². The van der Waals surface area contributed by atoms with Crippen molar-refractivity contribution in [3.8, 4) is 0 Å². The zero-order valence-corrected chi connectivity index (χ0v) is 17.2. The number of hydrogen-bond donors (Lipinski definition) is 2. The number of ether oxygens (including phenoxy) is 1. The third-order valence-corrected chi connectivity index (χ3v) is 4.97. The van der Waals surface area contributed by atoms with E-state index in [4.69, 9.17) is 4.74 Å². The number of aromatic nitrogens is 2. The normalized spacial score (nSPS) is 14.3. The molecular weight excluding hydrogens is 434 g/mol. The Hall–Kier alpha value is -2.97. The Labute approximate surface area is 176 Å². The summed E-state index contributed by atoms with van der Waals surface area (Å²) in [6.45, 7) is 2.96. The van der Waals surface area contributed by atoms with Crippen LogP contribution in [0.4, 0.5) is 17.2 Å². The first-order chi connectivity index (χ1) is 14.2. The number of carbonyl (C=O) groups is 1. The van der Waals surface area contributed by atoms with Crippen LogP contribution in [0.2, 0.25) is 0 Å². The largest absolute Gasteiger partial charge is 0.378 e. The van der Waals surface area contributed by atoms with E-state index in [-0.39, 0.29) is 5.91 Å². The summed E-state index contributed by atoms with van der Waals surface area (Å²) in [5.74, 6) is 0.488. The van der Waals surface area contributed by atoms with Gasteiger partial charge in [-0.15, -0.1) is 0 Å². The number of halogens is 1. The Morgan fingerprint density at radius 3 is 2.79 bits per heavy atom. The van der Waals surface area contributed by atoms with E-state index in [0.29, 0.717) is 24.7 Å². The molecule has 1 fully saturated rings. The van der Waals surface area contributed by atoms with Crippen molar-refractivity contribution < 1.29 is 9.53 Å². The van der Waals surface area contributed by atoms with Gasteiger partial charge in [0.1, 0.15) is 12.1 Å². The minimum atomic E-state index is -0.186. The first-order valence-electron chi connectivity index (χ1n) is 9.26. The number of carbonyl (C=O) groups excluding carboxylic acids is 1. The summed E-state index contributed by atoms with van der Waals surface area (Å²) in [7, 11) is 0. The van der Waals surface area contributed by atoms with Crippen molar-refractivity contribution in [2.24, 2.45) is 0 Å². The Morgan fingerprint density at radius 2 is 1.97 bits per heavy atom. The van der Waals surface area contributed by atoms with E-state index in [0.717, 1.165) is 34.2 Å². The molecule has 2 N–H and O–H groups in total. The van der Waals surface area contributed by atoms with Gasteiger partial charge in [-0.1, -0.05) is 22.0 Å². The number of hydrogen-bond acceptors (Lipinski definition) is 6. The average molecular weight is 454 g/mol. The van der Waals surface area contributed by atoms with Crippen LogP contribution in [0.1, 0.15) is 0 Å². The number of anilines is 3. The lowest BCUT2D eigenvalue weighted by Crippen LogP contribution is -2.32. The van der Waals surface area contributed by atoms with Gasteiger partial charge in [0.05, 0.1) is 18.7 Å². The summed E-state index contributed by atoms with van der Waals surface area (Å²) in [6.07, 6.45) is 4.87. The molecule has 0 bridgehead atoms. The average Bonchev–Trinajstić information content (AvgIpc) is 2.73. The van der Waals surface area contributed by atoms with Crippen molar-refractivity contribution in [1.82, 2.24) is 14.9 Å². The second kappa shape index (κ2) is 9.02. The number of nitrogens with zero attached hydrogens (tertiary/aromatic N) is 3. The van der Waals surface area contributed by atoms with Gasteiger partial charge in [0, 0.05) is 46.6 Å². The smallest absolute Gasteiger partial charge is 0.249 e. The van der Waals surface area contributed by atoms with Crippen molar-refractivity contribution in [1.29, 1.82) is 0 Å². The summed E-state index contributed by atoms with van der Waals surface area (Å²) >= 11 is 3.47. The fourth-order valence-electron chi connectivity index (χ4n) is 3.02. The highest BCUT2D eigenvalue weighted by molar-refractivity contribution is 9.10. The van der Waals surface area contributed by atoms with Gasteiger partial charge in [0.25, 0.3) is 0 Å². The molecule has 1 aliphatic rings. The molecule has 0 saturated carbocycles. The van der Waals surface area contributed by atoms with E-state index < -0.39 is 0 Å². The fraction of sp³-hybridized carbons (Fsp3) is 0.190. The Kier molecular flexibility index (Phi) is 6.02. The maximum absolute atomic E-state index is 12.3. The molecular formula is C21H20BrN5O2. The molecule has 8 heteroatoms. The SMILES string of the molecule is O=C(/C=C/N1CCOCC1)Nc1ccc2ncnc(Nc3cccc(Br)c3)c2c1. The van der Waals surface area contributed by atoms with E-state index in [1.165, 1.54) is 12.4 Å².